The Kier molecular flexibility index (Phi) is 5.35. The predicted octanol–water partition coefficient (Wildman–Crippen LogP) is 4.80. The molecule has 4 fully saturated rings. The van der Waals surface area contributed by atoms with E-state index in [9.17, 15) is 19.8 Å². The fourth-order valence-electron chi connectivity index (χ4n) is 9.76. The number of aliphatic hydroxyl groups excluding tert-OH is 1. The molecule has 1 saturated heterocycles. The topological polar surface area (TPSA) is 83.8 Å². The van der Waals surface area contributed by atoms with E-state index in [1.165, 1.54) is 0 Å². The van der Waals surface area contributed by atoms with Crippen LogP contribution < -0.4 is 0 Å². The second kappa shape index (κ2) is 7.39. The van der Waals surface area contributed by atoms with Gasteiger partial charge in [0.25, 0.3) is 0 Å². The number of rotatable bonds is 1. The number of hydrogen-bond donors (Lipinski definition) is 2. The van der Waals surface area contributed by atoms with Gasteiger partial charge in [-0.1, -0.05) is 51.8 Å². The maximum absolute atomic E-state index is 14.3. The molecule has 5 nitrogen and oxygen atoms in total. The van der Waals surface area contributed by atoms with E-state index < -0.39 is 39.3 Å². The van der Waals surface area contributed by atoms with Gasteiger partial charge in [0.15, 0.2) is 5.78 Å². The molecule has 10 atom stereocenters. The zero-order valence-corrected chi connectivity index (χ0v) is 22.8. The Hall–Kier alpha value is -1.30. The van der Waals surface area contributed by atoms with Crippen LogP contribution in [0.5, 0.6) is 0 Å². The summed E-state index contributed by atoms with van der Waals surface area (Å²) in [6.45, 7) is 16.3. The Morgan fingerprint density at radius 3 is 2.31 bits per heavy atom. The van der Waals surface area contributed by atoms with Gasteiger partial charge in [-0.15, -0.1) is 0 Å². The molecule has 0 radical (unpaired) electrons. The molecule has 0 aromatic rings. The van der Waals surface area contributed by atoms with Crippen molar-refractivity contribution in [3.8, 4) is 0 Å². The van der Waals surface area contributed by atoms with E-state index in [0.29, 0.717) is 25.7 Å². The average Bonchev–Trinajstić information content (AvgIpc) is 2.91. The molecule has 3 saturated carbocycles. The second-order valence-corrected chi connectivity index (χ2v) is 14.2. The van der Waals surface area contributed by atoms with E-state index in [-0.39, 0.29) is 35.6 Å². The summed E-state index contributed by atoms with van der Waals surface area (Å²) in [5.41, 5.74) is -1.23. The highest BCUT2D eigenvalue weighted by Gasteiger charge is 2.76. The van der Waals surface area contributed by atoms with Gasteiger partial charge in [0, 0.05) is 35.5 Å². The number of hydrogen-bond acceptors (Lipinski definition) is 5. The maximum Gasteiger partial charge on any atom is 0.160 e. The van der Waals surface area contributed by atoms with Gasteiger partial charge < -0.3 is 14.9 Å². The number of fused-ring (bicyclic) bond motifs is 7. The summed E-state index contributed by atoms with van der Waals surface area (Å²) in [6, 6.07) is 0. The van der Waals surface area contributed by atoms with Crippen molar-refractivity contribution in [1.82, 2.24) is 0 Å². The highest BCUT2D eigenvalue weighted by atomic mass is 16.5. The van der Waals surface area contributed by atoms with Crippen LogP contribution in [-0.2, 0) is 14.3 Å². The molecule has 0 bridgehead atoms. The van der Waals surface area contributed by atoms with Gasteiger partial charge >= 0.3 is 0 Å². The fourth-order valence-corrected chi connectivity index (χ4v) is 9.76. The third-order valence-corrected chi connectivity index (χ3v) is 11.5. The van der Waals surface area contributed by atoms with Crippen molar-refractivity contribution in [2.24, 2.45) is 39.4 Å². The summed E-state index contributed by atoms with van der Waals surface area (Å²) in [4.78, 5) is 28.3. The molecule has 0 amide bonds. The lowest BCUT2D eigenvalue weighted by Gasteiger charge is -2.64. The summed E-state index contributed by atoms with van der Waals surface area (Å²) < 4.78 is 6.61. The van der Waals surface area contributed by atoms with E-state index in [1.807, 2.05) is 41.5 Å². The minimum Gasteiger partial charge on any atom is -0.392 e. The lowest BCUT2D eigenvalue weighted by molar-refractivity contribution is -0.201. The maximum atomic E-state index is 14.3. The first kappa shape index (κ1) is 25.4. The molecule has 1 heterocycles. The van der Waals surface area contributed by atoms with E-state index >= 15 is 0 Å². The van der Waals surface area contributed by atoms with Gasteiger partial charge in [-0.3, -0.25) is 9.59 Å². The van der Waals surface area contributed by atoms with E-state index in [1.54, 1.807) is 6.08 Å². The smallest absolute Gasteiger partial charge is 0.160 e. The number of ether oxygens (including phenoxy) is 1. The van der Waals surface area contributed by atoms with E-state index in [4.69, 9.17) is 4.74 Å². The minimum absolute atomic E-state index is 0.0156. The van der Waals surface area contributed by atoms with Crippen LogP contribution in [0.3, 0.4) is 0 Å². The monoisotopic (exact) mass is 484 g/mol. The SMILES string of the molecule is CC(C)=C[C@H]1C[C@](C)(O)[C@H]2C(C[C@@]3(C)[C@@H]4C(=O)C=C5[C@@H](CC[C@H](O)C5(C)C)[C@]4(C)C(=O)C[C@]23C)O1. The Labute approximate surface area is 210 Å². The largest absolute Gasteiger partial charge is 0.392 e. The molecule has 5 heteroatoms. The molecular weight excluding hydrogens is 440 g/mol. The van der Waals surface area contributed by atoms with Gasteiger partial charge in [-0.05, 0) is 62.9 Å². The molecule has 5 rings (SSSR count). The number of ketones is 2. The van der Waals surface area contributed by atoms with Crippen molar-refractivity contribution in [3.05, 3.63) is 23.3 Å². The summed E-state index contributed by atoms with van der Waals surface area (Å²) in [5, 5.41) is 22.5. The first-order chi connectivity index (χ1) is 16.0. The van der Waals surface area contributed by atoms with Crippen LogP contribution in [0.4, 0.5) is 0 Å². The van der Waals surface area contributed by atoms with Crippen LogP contribution in [0.25, 0.3) is 0 Å². The Balaban J connectivity index is 1.64. The molecule has 194 valence electrons. The molecule has 4 aliphatic carbocycles. The standard InChI is InChI=1S/C30H44O5/c1-16(2)11-17-13-29(7,34)25-21(35-17)14-27(5)24-20(31)12-19-18(9-10-22(32)26(19,3)4)30(24,8)23(33)15-28(25,27)6/h11-12,17-18,21-22,24-25,32,34H,9-10,13-15H2,1-8H3/t17-,18+,21?,22-,24-,25-,27-,28+,29-,30+/m0/s1. The van der Waals surface area contributed by atoms with Gasteiger partial charge in [-0.2, -0.15) is 0 Å². The molecule has 1 aliphatic heterocycles. The van der Waals surface area contributed by atoms with Gasteiger partial charge in [0.2, 0.25) is 0 Å². The van der Waals surface area contributed by atoms with Gasteiger partial charge in [-0.25, -0.2) is 0 Å². The number of carbonyl (C=O) groups is 2. The number of Topliss-reactive ketones (excluding diaryl/α,β-unsaturated/α-hetero) is 1. The second-order valence-electron chi connectivity index (χ2n) is 14.2. The van der Waals surface area contributed by atoms with Crippen molar-refractivity contribution < 1.29 is 24.5 Å². The predicted molar refractivity (Wildman–Crippen MR) is 134 cm³/mol. The summed E-state index contributed by atoms with van der Waals surface area (Å²) in [6.07, 6.45) is 5.87. The van der Waals surface area contributed by atoms with Crippen LogP contribution in [0, 0.1) is 39.4 Å². The molecule has 35 heavy (non-hydrogen) atoms. The number of aliphatic hydroxyl groups is 2. The molecule has 0 aromatic carbocycles. The molecule has 2 N–H and O–H groups in total. The first-order valence-electron chi connectivity index (χ1n) is 13.5. The van der Waals surface area contributed by atoms with Crippen LogP contribution in [0.1, 0.15) is 87.5 Å². The fraction of sp³-hybridized carbons (Fsp3) is 0.800. The minimum atomic E-state index is -0.990. The molecule has 1 unspecified atom stereocenters. The lowest BCUT2D eigenvalue weighted by Crippen LogP contribution is -2.66. The summed E-state index contributed by atoms with van der Waals surface area (Å²) in [7, 11) is 0. The van der Waals surface area contributed by atoms with Crippen molar-refractivity contribution in [3.63, 3.8) is 0 Å². The zero-order valence-electron chi connectivity index (χ0n) is 22.8. The van der Waals surface area contributed by atoms with E-state index in [2.05, 4.69) is 19.9 Å². The van der Waals surface area contributed by atoms with Crippen LogP contribution in [-0.4, -0.2) is 45.7 Å². The highest BCUT2D eigenvalue weighted by Crippen LogP contribution is 2.74. The average molecular weight is 485 g/mol. The lowest BCUT2D eigenvalue weighted by atomic mass is 9.38. The Morgan fingerprint density at radius 2 is 1.69 bits per heavy atom. The first-order valence-corrected chi connectivity index (χ1v) is 13.5. The molecule has 0 aromatic heterocycles. The van der Waals surface area contributed by atoms with E-state index in [0.717, 1.165) is 17.6 Å². The zero-order chi connectivity index (χ0) is 25.9. The molecule has 5 aliphatic rings. The van der Waals surface area contributed by atoms with Crippen molar-refractivity contribution in [2.75, 3.05) is 0 Å². The summed E-state index contributed by atoms with van der Waals surface area (Å²) >= 11 is 0. The van der Waals surface area contributed by atoms with Crippen LogP contribution >= 0.6 is 0 Å². The third-order valence-electron chi connectivity index (χ3n) is 11.5. The van der Waals surface area contributed by atoms with Crippen molar-refractivity contribution in [1.29, 1.82) is 0 Å². The quantitative estimate of drug-likeness (QED) is 0.523. The van der Waals surface area contributed by atoms with Gasteiger partial charge in [0.05, 0.1) is 23.9 Å². The van der Waals surface area contributed by atoms with Crippen molar-refractivity contribution in [2.45, 2.75) is 111 Å². The van der Waals surface area contributed by atoms with Crippen LogP contribution in [0.15, 0.2) is 23.3 Å². The normalized spacial score (nSPS) is 52.6. The Bertz CT molecular complexity index is 1030. The van der Waals surface area contributed by atoms with Crippen LogP contribution in [0.2, 0.25) is 0 Å². The Morgan fingerprint density at radius 1 is 1.03 bits per heavy atom. The molecular formula is C30H44O5. The highest BCUT2D eigenvalue weighted by molar-refractivity contribution is 6.02. The number of carbonyl (C=O) groups excluding carboxylic acids is 2. The van der Waals surface area contributed by atoms with Gasteiger partial charge in [0.1, 0.15) is 5.78 Å². The van der Waals surface area contributed by atoms with Crippen molar-refractivity contribution >= 4 is 11.6 Å². The third kappa shape index (κ3) is 3.10. The summed E-state index contributed by atoms with van der Waals surface area (Å²) in [5.74, 6) is -0.547. The number of allylic oxidation sites excluding steroid dienone is 2. The molecule has 0 spiro atoms.